The lowest BCUT2D eigenvalue weighted by atomic mass is 10.0. The molecular weight excluding hydrogens is 431 g/mol. The van der Waals surface area contributed by atoms with E-state index in [0.29, 0.717) is 12.8 Å². The number of carbonyl (C=O) groups is 2. The molecule has 31 heavy (non-hydrogen) atoms. The molecule has 2 N–H and O–H groups in total. The summed E-state index contributed by atoms with van der Waals surface area (Å²) in [4.78, 5) is 25.8. The Morgan fingerprint density at radius 3 is 2.61 bits per heavy atom. The summed E-state index contributed by atoms with van der Waals surface area (Å²) >= 11 is 0.289. The minimum absolute atomic E-state index is 0.145. The van der Waals surface area contributed by atoms with Crippen molar-refractivity contribution in [3.8, 4) is 0 Å². The number of anilines is 1. The molecule has 0 spiro atoms. The zero-order valence-electron chi connectivity index (χ0n) is 16.7. The van der Waals surface area contributed by atoms with Gasteiger partial charge in [0.1, 0.15) is 0 Å². The van der Waals surface area contributed by atoms with Crippen molar-refractivity contribution < 1.29 is 22.8 Å². The highest BCUT2D eigenvalue weighted by Crippen LogP contribution is 2.34. The van der Waals surface area contributed by atoms with Gasteiger partial charge in [-0.3, -0.25) is 14.5 Å². The van der Waals surface area contributed by atoms with E-state index in [0.717, 1.165) is 23.4 Å². The number of nitrogens with one attached hydrogen (secondary N) is 2. The Hall–Kier alpha value is -2.79. The van der Waals surface area contributed by atoms with E-state index in [2.05, 4.69) is 20.8 Å². The van der Waals surface area contributed by atoms with Gasteiger partial charge in [-0.25, -0.2) is 0 Å². The molecule has 2 heterocycles. The molecule has 3 rings (SSSR count). The fourth-order valence-corrected chi connectivity index (χ4v) is 3.53. The second-order valence-electron chi connectivity index (χ2n) is 7.08. The van der Waals surface area contributed by atoms with Crippen LogP contribution in [0.2, 0.25) is 0 Å². The molecule has 1 aromatic carbocycles. The molecule has 1 fully saturated rings. The van der Waals surface area contributed by atoms with Crippen LogP contribution >= 0.6 is 11.3 Å². The van der Waals surface area contributed by atoms with Crippen molar-refractivity contribution in [3.63, 3.8) is 0 Å². The summed E-state index contributed by atoms with van der Waals surface area (Å²) < 4.78 is 38.1. The summed E-state index contributed by atoms with van der Waals surface area (Å²) in [5.41, 5.74) is 1.09. The summed E-state index contributed by atoms with van der Waals surface area (Å²) in [5, 5.41) is 11.2. The molecular formula is C20H22F3N5O2S. The minimum atomic E-state index is -4.61. The highest BCUT2D eigenvalue weighted by Gasteiger charge is 2.36. The number of amides is 2. The number of hydrogen-bond acceptors (Lipinski definition) is 6. The van der Waals surface area contributed by atoms with Crippen LogP contribution in [0.15, 0.2) is 42.5 Å². The van der Waals surface area contributed by atoms with E-state index in [1.807, 2.05) is 30.3 Å². The van der Waals surface area contributed by atoms with Crippen LogP contribution in [0.4, 0.5) is 18.3 Å². The van der Waals surface area contributed by atoms with Crippen LogP contribution in [0.1, 0.15) is 23.4 Å². The van der Waals surface area contributed by atoms with Crippen LogP contribution < -0.4 is 15.5 Å². The van der Waals surface area contributed by atoms with Gasteiger partial charge >= 0.3 is 6.18 Å². The molecule has 2 aromatic rings. The molecule has 1 saturated heterocycles. The molecule has 0 saturated carbocycles. The number of carbonyl (C=O) groups excluding carboxylic acids is 2. The zero-order chi connectivity index (χ0) is 22.4. The number of nitrogens with zero attached hydrogens (tertiary/aromatic N) is 3. The molecule has 0 radical (unpaired) electrons. The smallest absolute Gasteiger partial charge is 0.349 e. The Labute approximate surface area is 181 Å². The fourth-order valence-electron chi connectivity index (χ4n) is 2.85. The summed E-state index contributed by atoms with van der Waals surface area (Å²) in [7, 11) is 1.32. The van der Waals surface area contributed by atoms with Crippen LogP contribution in [0.25, 0.3) is 0 Å². The van der Waals surface area contributed by atoms with E-state index < -0.39 is 23.1 Å². The van der Waals surface area contributed by atoms with Crippen LogP contribution in [-0.4, -0.2) is 47.7 Å². The number of aryl methyl sites for hydroxylation is 1. The second-order valence-corrected chi connectivity index (χ2v) is 8.03. The number of benzene rings is 1. The third-order valence-electron chi connectivity index (χ3n) is 4.80. The van der Waals surface area contributed by atoms with Gasteiger partial charge < -0.3 is 10.6 Å². The molecule has 166 valence electrons. The topological polar surface area (TPSA) is 87.2 Å². The average molecular weight is 453 g/mol. The van der Waals surface area contributed by atoms with Gasteiger partial charge in [0.15, 0.2) is 0 Å². The maximum absolute atomic E-state index is 12.7. The van der Waals surface area contributed by atoms with Gasteiger partial charge in [-0.1, -0.05) is 47.7 Å². The lowest BCUT2D eigenvalue weighted by Gasteiger charge is -2.28. The number of hydrogen-bond donors (Lipinski definition) is 2. The lowest BCUT2D eigenvalue weighted by molar-refractivity contribution is -0.138. The summed E-state index contributed by atoms with van der Waals surface area (Å²) in [6.07, 6.45) is 0.179. The number of halogens is 3. The molecule has 0 aliphatic carbocycles. The van der Waals surface area contributed by atoms with Gasteiger partial charge in [-0.15, -0.1) is 10.2 Å². The summed E-state index contributed by atoms with van der Waals surface area (Å²) in [6, 6.07) is 9.06. The number of likely N-dealkylation sites (N-methyl/N-ethyl adjacent to an activating group) is 1. The van der Waals surface area contributed by atoms with Crippen molar-refractivity contribution in [2.75, 3.05) is 18.5 Å². The second kappa shape index (κ2) is 10.0. The van der Waals surface area contributed by atoms with Gasteiger partial charge in [0.05, 0.1) is 6.04 Å². The molecule has 11 heteroatoms. The third-order valence-corrected chi connectivity index (χ3v) is 5.84. The van der Waals surface area contributed by atoms with E-state index in [1.54, 1.807) is 6.08 Å². The Balaban J connectivity index is 1.65. The SMILES string of the molecule is CN(C(=O)/C=C/[C@H](CCc1ccccc1)NC(=O)[C@@H]1CCN1)c1nnc(C(F)(F)F)s1. The van der Waals surface area contributed by atoms with Gasteiger partial charge in [0.25, 0.3) is 5.91 Å². The summed E-state index contributed by atoms with van der Waals surface area (Å²) in [6.45, 7) is 0.785. The fraction of sp³-hybridized carbons (Fsp3) is 0.400. The summed E-state index contributed by atoms with van der Waals surface area (Å²) in [5.74, 6) is -0.709. The zero-order valence-corrected chi connectivity index (χ0v) is 17.5. The predicted molar refractivity (Wildman–Crippen MR) is 111 cm³/mol. The first-order chi connectivity index (χ1) is 14.7. The normalized spacial score (nSPS) is 17.2. The number of aromatic nitrogens is 2. The number of alkyl halides is 3. The van der Waals surface area contributed by atoms with Gasteiger partial charge in [-0.2, -0.15) is 13.2 Å². The minimum Gasteiger partial charge on any atom is -0.349 e. The first kappa shape index (κ1) is 22.9. The Bertz CT molecular complexity index is 928. The third kappa shape index (κ3) is 6.34. The maximum Gasteiger partial charge on any atom is 0.445 e. The molecule has 1 aliphatic heterocycles. The molecule has 1 aliphatic rings. The van der Waals surface area contributed by atoms with Crippen LogP contribution in [0, 0.1) is 0 Å². The van der Waals surface area contributed by atoms with Gasteiger partial charge in [0.2, 0.25) is 16.0 Å². The van der Waals surface area contributed by atoms with Crippen molar-refractivity contribution in [1.29, 1.82) is 0 Å². The van der Waals surface area contributed by atoms with Crippen LogP contribution in [-0.2, 0) is 22.2 Å². The lowest BCUT2D eigenvalue weighted by Crippen LogP contribution is -2.54. The van der Waals surface area contributed by atoms with Gasteiger partial charge in [-0.05, 0) is 31.4 Å². The standard InChI is InChI=1S/C20H22F3N5O2S/c1-28(19-27-26-18(31-19)20(21,22)23)16(29)10-9-14(25-17(30)15-11-12-24-15)8-7-13-5-3-2-4-6-13/h2-6,9-10,14-15,24H,7-8,11-12H2,1H3,(H,25,30)/b10-9+/t14-,15-/m0/s1. The van der Waals surface area contributed by atoms with Gasteiger partial charge in [0, 0.05) is 19.2 Å². The first-order valence-electron chi connectivity index (χ1n) is 9.68. The van der Waals surface area contributed by atoms with Crippen molar-refractivity contribution in [2.45, 2.75) is 37.5 Å². The molecule has 0 unspecified atom stereocenters. The van der Waals surface area contributed by atoms with Crippen molar-refractivity contribution >= 4 is 28.3 Å². The monoisotopic (exact) mass is 453 g/mol. The Morgan fingerprint density at radius 1 is 1.32 bits per heavy atom. The van der Waals surface area contributed by atoms with E-state index >= 15 is 0 Å². The van der Waals surface area contributed by atoms with Crippen molar-refractivity contribution in [2.24, 2.45) is 0 Å². The Kier molecular flexibility index (Phi) is 7.39. The van der Waals surface area contributed by atoms with Crippen LogP contribution in [0.5, 0.6) is 0 Å². The molecule has 2 amide bonds. The van der Waals surface area contributed by atoms with Crippen LogP contribution in [0.3, 0.4) is 0 Å². The first-order valence-corrected chi connectivity index (χ1v) is 10.5. The largest absolute Gasteiger partial charge is 0.445 e. The van der Waals surface area contributed by atoms with Crippen molar-refractivity contribution in [1.82, 2.24) is 20.8 Å². The molecule has 0 bridgehead atoms. The molecule has 7 nitrogen and oxygen atoms in total. The maximum atomic E-state index is 12.7. The Morgan fingerprint density at radius 2 is 2.03 bits per heavy atom. The average Bonchev–Trinajstić information content (AvgIpc) is 3.19. The molecule has 1 aromatic heterocycles. The van der Waals surface area contributed by atoms with Crippen molar-refractivity contribution in [3.05, 3.63) is 53.1 Å². The van der Waals surface area contributed by atoms with E-state index in [4.69, 9.17) is 0 Å². The molecule has 2 atom stereocenters. The predicted octanol–water partition coefficient (Wildman–Crippen LogP) is 2.56. The highest BCUT2D eigenvalue weighted by atomic mass is 32.1. The number of rotatable bonds is 8. The van der Waals surface area contributed by atoms with E-state index in [9.17, 15) is 22.8 Å². The quantitative estimate of drug-likeness (QED) is 0.600. The highest BCUT2D eigenvalue weighted by molar-refractivity contribution is 7.15. The van der Waals surface area contributed by atoms with E-state index in [-0.39, 0.29) is 28.4 Å². The van der Waals surface area contributed by atoms with E-state index in [1.165, 1.54) is 13.1 Å².